The van der Waals surface area contributed by atoms with Crippen molar-refractivity contribution < 1.29 is 18.2 Å². The third kappa shape index (κ3) is 1.43. The summed E-state index contributed by atoms with van der Waals surface area (Å²) in [4.78, 5) is 5.04. The Kier molecular flexibility index (Phi) is 1.57. The van der Waals surface area contributed by atoms with Gasteiger partial charge in [-0.3, -0.25) is 0 Å². The smallest absolute Gasteiger partial charge is 0.240 e. The van der Waals surface area contributed by atoms with Gasteiger partial charge in [-0.25, -0.2) is 4.98 Å². The van der Waals surface area contributed by atoms with Crippen LogP contribution in [0.25, 0.3) is 0 Å². The lowest BCUT2D eigenvalue weighted by Crippen LogP contribution is -2.22. The number of rotatable bonds is 0. The normalized spacial score (nSPS) is 11.5. The van der Waals surface area contributed by atoms with E-state index >= 15 is 0 Å². The Morgan fingerprint density at radius 1 is 1.40 bits per heavy atom. The molecule has 1 aromatic rings. The maximum Gasteiger partial charge on any atom is 0.498 e. The minimum Gasteiger partial charge on any atom is -0.240 e. The Morgan fingerprint density at radius 2 is 2.10 bits per heavy atom. The van der Waals surface area contributed by atoms with Gasteiger partial charge in [0.25, 0.3) is 0 Å². The summed E-state index contributed by atoms with van der Waals surface area (Å²) < 4.78 is 35.1. The fraction of sp³-hybridized carbons (Fsp3) is 0.200. The zero-order valence-electron chi connectivity index (χ0n) is 4.81. The van der Waals surface area contributed by atoms with Crippen molar-refractivity contribution in [3.8, 4) is 0 Å². The Morgan fingerprint density at radius 3 is 2.40 bits per heavy atom. The van der Waals surface area contributed by atoms with Crippen molar-refractivity contribution in [3.63, 3.8) is 0 Å². The molecule has 0 spiro atoms. The van der Waals surface area contributed by atoms with E-state index in [4.69, 9.17) is 0 Å². The van der Waals surface area contributed by atoms with Crippen LogP contribution in [-0.4, -0.2) is 4.98 Å². The molecule has 0 radical (unpaired) electrons. The molecule has 0 aliphatic rings. The number of halogens is 3. The van der Waals surface area contributed by atoms with Crippen molar-refractivity contribution in [2.75, 3.05) is 0 Å². The highest BCUT2D eigenvalue weighted by atomic mass is 19.4. The highest BCUT2D eigenvalue weighted by molar-refractivity contribution is 4.83. The molecule has 0 atom stereocenters. The number of aromatic amines is 1. The summed E-state index contributed by atoms with van der Waals surface area (Å²) in [5.74, 6) is -0.977. The van der Waals surface area contributed by atoms with Crippen LogP contribution in [0.15, 0.2) is 18.5 Å². The van der Waals surface area contributed by atoms with E-state index < -0.39 is 12.0 Å². The summed E-state index contributed by atoms with van der Waals surface area (Å²) in [7, 11) is 0. The number of H-pyrrole nitrogens is 1. The molecule has 0 aromatic carbocycles. The molecule has 0 unspecified atom stereocenters. The van der Waals surface area contributed by atoms with Crippen LogP contribution < -0.4 is 4.98 Å². The molecule has 1 N–H and O–H groups in total. The summed E-state index contributed by atoms with van der Waals surface area (Å²) in [6.45, 7) is 0. The summed E-state index contributed by atoms with van der Waals surface area (Å²) in [5.41, 5.74) is 0. The average molecular weight is 149 g/mol. The topological polar surface area (TPSA) is 27.0 Å². The third-order valence-corrected chi connectivity index (χ3v) is 0.874. The third-order valence-electron chi connectivity index (χ3n) is 0.874. The van der Waals surface area contributed by atoms with Gasteiger partial charge >= 0.3 is 12.0 Å². The van der Waals surface area contributed by atoms with Crippen molar-refractivity contribution >= 4 is 0 Å². The molecular weight excluding hydrogens is 145 g/mol. The predicted molar refractivity (Wildman–Crippen MR) is 25.8 cm³/mol. The fourth-order valence-corrected chi connectivity index (χ4v) is 0.480. The van der Waals surface area contributed by atoms with Gasteiger partial charge in [0.1, 0.15) is 6.20 Å². The van der Waals surface area contributed by atoms with Crippen molar-refractivity contribution in [2.24, 2.45) is 0 Å². The van der Waals surface area contributed by atoms with Crippen molar-refractivity contribution in [2.45, 2.75) is 6.18 Å². The monoisotopic (exact) mass is 149 g/mol. The highest BCUT2D eigenvalue weighted by Crippen LogP contribution is 2.23. The van der Waals surface area contributed by atoms with E-state index in [2.05, 4.69) is 4.98 Å². The zero-order valence-corrected chi connectivity index (χ0v) is 4.81. The molecule has 0 aliphatic carbocycles. The number of alkyl halides is 3. The second kappa shape index (κ2) is 2.24. The first-order valence-corrected chi connectivity index (χ1v) is 2.50. The first-order chi connectivity index (χ1) is 4.61. The Hall–Kier alpha value is -1.13. The lowest BCUT2D eigenvalue weighted by atomic mass is 10.5. The molecular formula is C5H4F3N2+. The van der Waals surface area contributed by atoms with Crippen LogP contribution in [0.1, 0.15) is 5.82 Å². The molecule has 0 saturated carbocycles. The molecule has 5 heteroatoms. The van der Waals surface area contributed by atoms with Crippen LogP contribution in [0.3, 0.4) is 0 Å². The number of aromatic nitrogens is 2. The minimum atomic E-state index is -4.37. The van der Waals surface area contributed by atoms with E-state index in [-0.39, 0.29) is 0 Å². The number of hydrogen-bond acceptors (Lipinski definition) is 1. The van der Waals surface area contributed by atoms with Gasteiger partial charge in [-0.05, 0) is 4.98 Å². The van der Waals surface area contributed by atoms with Crippen LogP contribution in [-0.2, 0) is 6.18 Å². The lowest BCUT2D eigenvalue weighted by Gasteiger charge is -1.94. The van der Waals surface area contributed by atoms with Crippen LogP contribution in [0, 0.1) is 0 Å². The van der Waals surface area contributed by atoms with E-state index in [0.29, 0.717) is 0 Å². The van der Waals surface area contributed by atoms with Crippen LogP contribution in [0.2, 0.25) is 0 Å². The fourth-order valence-electron chi connectivity index (χ4n) is 0.480. The molecule has 0 saturated heterocycles. The van der Waals surface area contributed by atoms with Gasteiger partial charge < -0.3 is 0 Å². The standard InChI is InChI=1S/C5H3F3N2/c6-5(7,8)4-9-2-1-3-10-4/h1-3H/p+1. The van der Waals surface area contributed by atoms with Crippen LogP contribution in [0.5, 0.6) is 0 Å². The molecule has 2 nitrogen and oxygen atoms in total. The first kappa shape index (κ1) is 6.98. The van der Waals surface area contributed by atoms with E-state index in [1.165, 1.54) is 12.3 Å². The highest BCUT2D eigenvalue weighted by Gasteiger charge is 2.40. The summed E-state index contributed by atoms with van der Waals surface area (Å²) in [5, 5.41) is 0. The Labute approximate surface area is 54.7 Å². The number of hydrogen-bond donors (Lipinski definition) is 0. The van der Waals surface area contributed by atoms with Crippen LogP contribution in [0.4, 0.5) is 13.2 Å². The first-order valence-electron chi connectivity index (χ1n) is 2.50. The molecule has 1 aromatic heterocycles. The lowest BCUT2D eigenvalue weighted by molar-refractivity contribution is -0.432. The van der Waals surface area contributed by atoms with Gasteiger partial charge in [-0.15, -0.1) is 0 Å². The van der Waals surface area contributed by atoms with Crippen molar-refractivity contribution in [1.29, 1.82) is 0 Å². The maximum atomic E-state index is 11.7. The van der Waals surface area contributed by atoms with Gasteiger partial charge in [0.15, 0.2) is 0 Å². The quantitative estimate of drug-likeness (QED) is 0.538. The number of nitrogens with one attached hydrogen (secondary N) is 1. The Bertz CT molecular complexity index is 206. The van der Waals surface area contributed by atoms with Gasteiger partial charge in [0, 0.05) is 6.07 Å². The maximum absolute atomic E-state index is 11.7. The molecule has 10 heavy (non-hydrogen) atoms. The average Bonchev–Trinajstić information content (AvgIpc) is 1.88. The largest absolute Gasteiger partial charge is 0.498 e. The second-order valence-electron chi connectivity index (χ2n) is 1.63. The molecule has 54 valence electrons. The van der Waals surface area contributed by atoms with Gasteiger partial charge in [0.05, 0.1) is 6.20 Å². The zero-order chi connectivity index (χ0) is 7.61. The van der Waals surface area contributed by atoms with Gasteiger partial charge in [0.2, 0.25) is 0 Å². The Balaban J connectivity index is 2.97. The summed E-state index contributed by atoms with van der Waals surface area (Å²) in [6.07, 6.45) is -2.11. The van der Waals surface area contributed by atoms with Crippen molar-refractivity contribution in [3.05, 3.63) is 24.3 Å². The summed E-state index contributed by atoms with van der Waals surface area (Å²) >= 11 is 0. The minimum absolute atomic E-state index is 0.977. The molecule has 0 fully saturated rings. The van der Waals surface area contributed by atoms with E-state index in [1.54, 1.807) is 0 Å². The molecule has 0 amide bonds. The molecule has 0 aliphatic heterocycles. The second-order valence-corrected chi connectivity index (χ2v) is 1.63. The summed E-state index contributed by atoms with van der Waals surface area (Å²) in [6, 6.07) is 1.38. The molecule has 0 bridgehead atoms. The van der Waals surface area contributed by atoms with E-state index in [0.717, 1.165) is 6.20 Å². The van der Waals surface area contributed by atoms with Crippen LogP contribution >= 0.6 is 0 Å². The van der Waals surface area contributed by atoms with Crippen molar-refractivity contribution in [1.82, 2.24) is 4.98 Å². The predicted octanol–water partition coefficient (Wildman–Crippen LogP) is 0.914. The van der Waals surface area contributed by atoms with E-state index in [9.17, 15) is 13.2 Å². The van der Waals surface area contributed by atoms with Gasteiger partial charge in [-0.2, -0.15) is 13.2 Å². The van der Waals surface area contributed by atoms with Gasteiger partial charge in [-0.1, -0.05) is 0 Å². The van der Waals surface area contributed by atoms with E-state index in [1.807, 2.05) is 4.98 Å². The molecule has 1 rings (SSSR count). The number of nitrogens with zero attached hydrogens (tertiary/aromatic N) is 1. The SMILES string of the molecule is FC(F)(F)c1nccc[nH+]1. The molecule has 1 heterocycles.